The van der Waals surface area contributed by atoms with Crippen LogP contribution in [0.1, 0.15) is 31.9 Å². The van der Waals surface area contributed by atoms with E-state index in [9.17, 15) is 9.18 Å². The van der Waals surface area contributed by atoms with E-state index in [0.717, 1.165) is 0 Å². The summed E-state index contributed by atoms with van der Waals surface area (Å²) < 4.78 is 12.9. The predicted molar refractivity (Wildman–Crippen MR) is 93.6 cm³/mol. The van der Waals surface area contributed by atoms with E-state index in [1.807, 2.05) is 20.8 Å². The molecule has 128 valence electrons. The number of rotatable bonds is 2. The summed E-state index contributed by atoms with van der Waals surface area (Å²) in [6, 6.07) is 5.87. The van der Waals surface area contributed by atoms with Gasteiger partial charge in [-0.1, -0.05) is 11.8 Å². The third kappa shape index (κ3) is 3.45. The van der Waals surface area contributed by atoms with Gasteiger partial charge in [-0.2, -0.15) is 0 Å². The molecule has 0 N–H and O–H groups in total. The number of hydrogen-bond donors (Lipinski definition) is 0. The van der Waals surface area contributed by atoms with Crippen LogP contribution < -0.4 is 4.90 Å². The smallest absolute Gasteiger partial charge is 0.318 e. The molecule has 0 aliphatic carbocycles. The van der Waals surface area contributed by atoms with Crippen LogP contribution in [-0.4, -0.2) is 39.5 Å². The Bertz CT molecular complexity index is 834. The van der Waals surface area contributed by atoms with Crippen molar-refractivity contribution in [2.24, 2.45) is 0 Å². The average molecular weight is 338 g/mol. The second kappa shape index (κ2) is 6.52. The van der Waals surface area contributed by atoms with Gasteiger partial charge in [0.25, 0.3) is 0 Å². The molecular formula is C19H19FN4O. The molecular weight excluding hydrogens is 319 g/mol. The topological polar surface area (TPSA) is 49.3 Å². The average Bonchev–Trinajstić information content (AvgIpc) is 2.83. The van der Waals surface area contributed by atoms with Crippen LogP contribution in [0.4, 0.5) is 15.1 Å². The zero-order valence-electron chi connectivity index (χ0n) is 14.5. The van der Waals surface area contributed by atoms with Crippen LogP contribution in [0, 0.1) is 17.7 Å². The van der Waals surface area contributed by atoms with Gasteiger partial charge in [0.1, 0.15) is 5.82 Å². The van der Waals surface area contributed by atoms with Crippen LogP contribution in [0.5, 0.6) is 0 Å². The first-order chi connectivity index (χ1) is 11.9. The van der Waals surface area contributed by atoms with Gasteiger partial charge in [-0.05, 0) is 45.0 Å². The number of likely N-dealkylation sites (N-methyl/N-ethyl adjacent to an activating group) is 1. The molecule has 2 amide bonds. The van der Waals surface area contributed by atoms with Crippen LogP contribution in [0.15, 0.2) is 36.7 Å². The Morgan fingerprint density at radius 3 is 2.28 bits per heavy atom. The molecule has 1 aromatic heterocycles. The van der Waals surface area contributed by atoms with Crippen LogP contribution >= 0.6 is 0 Å². The molecule has 0 spiro atoms. The molecule has 2 aromatic rings. The first-order valence-corrected chi connectivity index (χ1v) is 8.09. The number of urea groups is 1. The van der Waals surface area contributed by atoms with Crippen LogP contribution in [-0.2, 0) is 0 Å². The Labute approximate surface area is 146 Å². The molecule has 25 heavy (non-hydrogen) atoms. The van der Waals surface area contributed by atoms with Crippen molar-refractivity contribution in [3.8, 4) is 11.8 Å². The molecule has 0 atom stereocenters. The van der Waals surface area contributed by atoms with E-state index in [0.29, 0.717) is 30.2 Å². The van der Waals surface area contributed by atoms with E-state index in [2.05, 4.69) is 21.8 Å². The quantitative estimate of drug-likeness (QED) is 0.791. The van der Waals surface area contributed by atoms with Gasteiger partial charge in [-0.15, -0.1) is 0 Å². The van der Waals surface area contributed by atoms with E-state index in [1.165, 1.54) is 12.1 Å². The van der Waals surface area contributed by atoms with Gasteiger partial charge in [0, 0.05) is 24.5 Å². The van der Waals surface area contributed by atoms with Crippen molar-refractivity contribution in [2.75, 3.05) is 18.0 Å². The lowest BCUT2D eigenvalue weighted by molar-refractivity contribution is 0.182. The van der Waals surface area contributed by atoms with E-state index in [4.69, 9.17) is 0 Å². The Kier molecular flexibility index (Phi) is 4.41. The summed E-state index contributed by atoms with van der Waals surface area (Å²) in [5, 5.41) is 0. The fourth-order valence-corrected chi connectivity index (χ4v) is 2.87. The largest absolute Gasteiger partial charge is 0.327 e. The number of benzene rings is 1. The summed E-state index contributed by atoms with van der Waals surface area (Å²) in [7, 11) is 0. The van der Waals surface area contributed by atoms with Crippen LogP contribution in [0.2, 0.25) is 0 Å². The third-order valence-electron chi connectivity index (χ3n) is 4.13. The Morgan fingerprint density at radius 1 is 1.12 bits per heavy atom. The molecule has 6 heteroatoms. The second-order valence-electron chi connectivity index (χ2n) is 6.45. The van der Waals surface area contributed by atoms with Gasteiger partial charge in [-0.3, -0.25) is 4.90 Å². The third-order valence-corrected chi connectivity index (χ3v) is 4.13. The summed E-state index contributed by atoms with van der Waals surface area (Å²) >= 11 is 0. The Balaban J connectivity index is 1.77. The number of carbonyl (C=O) groups excluding carboxylic acids is 1. The molecule has 1 aliphatic heterocycles. The van der Waals surface area contributed by atoms with Crippen molar-refractivity contribution < 1.29 is 9.18 Å². The molecule has 0 unspecified atom stereocenters. The summed E-state index contributed by atoms with van der Waals surface area (Å²) in [5.74, 6) is 5.95. The molecule has 1 saturated heterocycles. The van der Waals surface area contributed by atoms with Crippen molar-refractivity contribution in [1.29, 1.82) is 0 Å². The van der Waals surface area contributed by atoms with Crippen molar-refractivity contribution in [2.45, 2.75) is 26.3 Å². The number of nitrogens with zero attached hydrogens (tertiary/aromatic N) is 4. The number of halogens is 1. The lowest BCUT2D eigenvalue weighted by Crippen LogP contribution is -2.41. The molecule has 5 nitrogen and oxygen atoms in total. The lowest BCUT2D eigenvalue weighted by atomic mass is 10.1. The minimum absolute atomic E-state index is 0.0855. The van der Waals surface area contributed by atoms with E-state index in [1.54, 1.807) is 34.3 Å². The van der Waals surface area contributed by atoms with Crippen LogP contribution in [0.3, 0.4) is 0 Å². The highest BCUT2D eigenvalue weighted by Crippen LogP contribution is 2.28. The normalized spacial score (nSPS) is 15.9. The van der Waals surface area contributed by atoms with Crippen molar-refractivity contribution >= 4 is 12.0 Å². The molecule has 3 rings (SSSR count). The standard InChI is InChI=1S/C19H19FN4O/c1-4-24-18(25)23(13-19(24,2)3)17-21-11-15(12-22-17)6-5-14-7-9-16(20)10-8-14/h7-12H,4,13H2,1-3H3. The van der Waals surface area contributed by atoms with Crippen molar-refractivity contribution in [1.82, 2.24) is 14.9 Å². The minimum Gasteiger partial charge on any atom is -0.318 e. The van der Waals surface area contributed by atoms with E-state index < -0.39 is 0 Å². The van der Waals surface area contributed by atoms with Gasteiger partial charge in [0.05, 0.1) is 17.6 Å². The molecule has 0 radical (unpaired) electrons. The predicted octanol–water partition coefficient (Wildman–Crippen LogP) is 3.06. The second-order valence-corrected chi connectivity index (χ2v) is 6.45. The fourth-order valence-electron chi connectivity index (χ4n) is 2.87. The molecule has 1 aliphatic rings. The molecule has 2 heterocycles. The van der Waals surface area contributed by atoms with Crippen LogP contribution in [0.25, 0.3) is 0 Å². The first kappa shape index (κ1) is 16.9. The highest BCUT2D eigenvalue weighted by molar-refractivity contribution is 5.93. The van der Waals surface area contributed by atoms with Crippen molar-refractivity contribution in [3.63, 3.8) is 0 Å². The van der Waals surface area contributed by atoms with Crippen molar-refractivity contribution in [3.05, 3.63) is 53.6 Å². The summed E-state index contributed by atoms with van der Waals surface area (Å²) in [6.45, 7) is 7.19. The number of amides is 2. The lowest BCUT2D eigenvalue weighted by Gasteiger charge is -2.27. The first-order valence-electron chi connectivity index (χ1n) is 8.09. The maximum Gasteiger partial charge on any atom is 0.327 e. The van der Waals surface area contributed by atoms with Gasteiger partial charge in [-0.25, -0.2) is 19.2 Å². The minimum atomic E-state index is -0.294. The monoisotopic (exact) mass is 338 g/mol. The van der Waals surface area contributed by atoms with Gasteiger partial charge in [0.15, 0.2) is 0 Å². The zero-order valence-corrected chi connectivity index (χ0v) is 14.5. The zero-order chi connectivity index (χ0) is 18.0. The summed E-state index contributed by atoms with van der Waals surface area (Å²) in [4.78, 5) is 24.4. The Morgan fingerprint density at radius 2 is 1.72 bits per heavy atom. The highest BCUT2D eigenvalue weighted by Gasteiger charge is 2.43. The maximum absolute atomic E-state index is 12.9. The maximum atomic E-state index is 12.9. The van der Waals surface area contributed by atoms with E-state index in [-0.39, 0.29) is 17.4 Å². The molecule has 1 fully saturated rings. The SMILES string of the molecule is CCN1C(=O)N(c2ncc(C#Cc3ccc(F)cc3)cn2)CC1(C)C. The molecule has 0 saturated carbocycles. The number of aromatic nitrogens is 2. The fraction of sp³-hybridized carbons (Fsp3) is 0.316. The van der Waals surface area contributed by atoms with E-state index >= 15 is 0 Å². The Hall–Kier alpha value is -2.94. The molecule has 1 aromatic carbocycles. The number of carbonyl (C=O) groups is 1. The van der Waals surface area contributed by atoms with Gasteiger partial charge in [0.2, 0.25) is 5.95 Å². The number of hydrogen-bond acceptors (Lipinski definition) is 3. The van der Waals surface area contributed by atoms with Gasteiger partial charge < -0.3 is 4.90 Å². The van der Waals surface area contributed by atoms with Gasteiger partial charge >= 0.3 is 6.03 Å². The highest BCUT2D eigenvalue weighted by atomic mass is 19.1. The summed E-state index contributed by atoms with van der Waals surface area (Å²) in [6.07, 6.45) is 3.18. The number of anilines is 1. The summed E-state index contributed by atoms with van der Waals surface area (Å²) in [5.41, 5.74) is 1.09. The molecule has 0 bridgehead atoms.